The lowest BCUT2D eigenvalue weighted by atomic mass is 9.86. The Morgan fingerprint density at radius 1 is 1.19 bits per heavy atom. The van der Waals surface area contributed by atoms with E-state index in [4.69, 9.17) is 10.5 Å². The van der Waals surface area contributed by atoms with Crippen LogP contribution >= 0.6 is 0 Å². The van der Waals surface area contributed by atoms with Crippen LogP contribution in [0.25, 0.3) is 0 Å². The van der Waals surface area contributed by atoms with Crippen LogP contribution < -0.4 is 5.73 Å². The molecule has 0 aliphatic rings. The Morgan fingerprint density at radius 2 is 1.69 bits per heavy atom. The molecule has 0 aliphatic heterocycles. The molecule has 98 valence electrons. The molecule has 0 spiro atoms. The van der Waals surface area contributed by atoms with Crippen LogP contribution in [0.2, 0.25) is 0 Å². The van der Waals surface area contributed by atoms with Crippen molar-refractivity contribution in [3.63, 3.8) is 0 Å². The molecular weight excluding hydrogens is 219 g/mol. The van der Waals surface area contributed by atoms with Gasteiger partial charge in [-0.1, -0.05) is 13.8 Å². The van der Waals surface area contributed by atoms with E-state index in [1.165, 1.54) is 0 Å². The number of methoxy groups -OCH3 is 1. The highest BCUT2D eigenvalue weighted by atomic mass is 19.4. The first-order valence-electron chi connectivity index (χ1n) is 5.68. The quantitative estimate of drug-likeness (QED) is 0.742. The van der Waals surface area contributed by atoms with E-state index in [2.05, 4.69) is 0 Å². The van der Waals surface area contributed by atoms with Crippen molar-refractivity contribution >= 4 is 0 Å². The summed E-state index contributed by atoms with van der Waals surface area (Å²) >= 11 is 0. The molecule has 0 aromatic heterocycles. The summed E-state index contributed by atoms with van der Waals surface area (Å²) in [4.78, 5) is 0. The molecule has 0 rings (SSSR count). The van der Waals surface area contributed by atoms with Gasteiger partial charge in [0, 0.05) is 19.6 Å². The van der Waals surface area contributed by atoms with Crippen LogP contribution in [-0.2, 0) is 4.74 Å². The minimum atomic E-state index is -4.09. The number of nitrogens with two attached hydrogens (primary N) is 1. The van der Waals surface area contributed by atoms with Crippen molar-refractivity contribution in [1.82, 2.24) is 0 Å². The number of hydrogen-bond donors (Lipinski definition) is 1. The Morgan fingerprint density at radius 3 is 2.00 bits per heavy atom. The molecule has 16 heavy (non-hydrogen) atoms. The summed E-state index contributed by atoms with van der Waals surface area (Å²) in [7, 11) is 1.57. The van der Waals surface area contributed by atoms with Crippen molar-refractivity contribution in [2.45, 2.75) is 63.8 Å². The number of hydrogen-bond acceptors (Lipinski definition) is 2. The lowest BCUT2D eigenvalue weighted by Crippen LogP contribution is -2.48. The minimum Gasteiger partial charge on any atom is -0.377 e. The highest BCUT2D eigenvalue weighted by Crippen LogP contribution is 2.28. The summed E-state index contributed by atoms with van der Waals surface area (Å²) < 4.78 is 41.3. The van der Waals surface area contributed by atoms with Gasteiger partial charge in [-0.15, -0.1) is 0 Å². The predicted octanol–water partition coefficient (Wildman–Crippen LogP) is 3.25. The van der Waals surface area contributed by atoms with Crippen molar-refractivity contribution in [1.29, 1.82) is 0 Å². The molecular formula is C11H22F3NO. The Balaban J connectivity index is 4.17. The van der Waals surface area contributed by atoms with Crippen molar-refractivity contribution in [2.75, 3.05) is 7.11 Å². The van der Waals surface area contributed by atoms with E-state index in [9.17, 15) is 13.2 Å². The van der Waals surface area contributed by atoms with Crippen molar-refractivity contribution < 1.29 is 17.9 Å². The molecule has 5 heteroatoms. The van der Waals surface area contributed by atoms with E-state index in [0.29, 0.717) is 19.3 Å². The van der Waals surface area contributed by atoms with E-state index in [0.717, 1.165) is 0 Å². The molecule has 0 aromatic carbocycles. The maximum Gasteiger partial charge on any atom is 0.389 e. The first kappa shape index (κ1) is 15.7. The fraction of sp³-hybridized carbons (Fsp3) is 1.00. The smallest absolute Gasteiger partial charge is 0.377 e. The van der Waals surface area contributed by atoms with Gasteiger partial charge in [-0.3, -0.25) is 0 Å². The van der Waals surface area contributed by atoms with E-state index in [-0.39, 0.29) is 12.5 Å². The molecule has 0 heterocycles. The predicted molar refractivity (Wildman–Crippen MR) is 58.2 cm³/mol. The minimum absolute atomic E-state index is 0.0653. The van der Waals surface area contributed by atoms with E-state index >= 15 is 0 Å². The summed E-state index contributed by atoms with van der Waals surface area (Å²) in [6.07, 6.45) is -3.02. The van der Waals surface area contributed by atoms with Crippen LogP contribution in [0.15, 0.2) is 0 Å². The maximum atomic E-state index is 12.0. The van der Waals surface area contributed by atoms with Gasteiger partial charge < -0.3 is 10.5 Å². The van der Waals surface area contributed by atoms with Crippen LogP contribution in [0.5, 0.6) is 0 Å². The highest BCUT2D eigenvalue weighted by molar-refractivity contribution is 4.89. The molecule has 2 nitrogen and oxygen atoms in total. The second-order valence-electron chi connectivity index (χ2n) is 4.09. The lowest BCUT2D eigenvalue weighted by molar-refractivity contribution is -0.136. The summed E-state index contributed by atoms with van der Waals surface area (Å²) in [5.41, 5.74) is 5.44. The highest BCUT2D eigenvalue weighted by Gasteiger charge is 2.34. The van der Waals surface area contributed by atoms with Gasteiger partial charge in [0.2, 0.25) is 0 Å². The third-order valence-corrected chi connectivity index (χ3v) is 3.25. The van der Waals surface area contributed by atoms with E-state index in [1.54, 1.807) is 7.11 Å². The number of alkyl halides is 3. The van der Waals surface area contributed by atoms with E-state index in [1.807, 2.05) is 13.8 Å². The van der Waals surface area contributed by atoms with Gasteiger partial charge in [0.05, 0.1) is 5.60 Å². The first-order chi connectivity index (χ1) is 7.31. The fourth-order valence-corrected chi connectivity index (χ4v) is 2.00. The zero-order valence-corrected chi connectivity index (χ0v) is 10.2. The second kappa shape index (κ2) is 6.45. The lowest BCUT2D eigenvalue weighted by Gasteiger charge is -2.36. The van der Waals surface area contributed by atoms with Crippen LogP contribution in [0.3, 0.4) is 0 Å². The van der Waals surface area contributed by atoms with Crippen LogP contribution in [0.1, 0.15) is 46.0 Å². The Labute approximate surface area is 95.3 Å². The second-order valence-corrected chi connectivity index (χ2v) is 4.09. The molecule has 0 aromatic rings. The fourth-order valence-electron chi connectivity index (χ4n) is 2.00. The average Bonchev–Trinajstić information content (AvgIpc) is 2.19. The number of ether oxygens (including phenoxy) is 1. The van der Waals surface area contributed by atoms with Gasteiger partial charge >= 0.3 is 6.18 Å². The zero-order chi connectivity index (χ0) is 12.8. The van der Waals surface area contributed by atoms with E-state index < -0.39 is 18.2 Å². The van der Waals surface area contributed by atoms with Crippen molar-refractivity contribution in [3.8, 4) is 0 Å². The number of rotatable bonds is 7. The molecule has 1 atom stereocenters. The molecule has 1 unspecified atom stereocenters. The van der Waals surface area contributed by atoms with Gasteiger partial charge in [0.15, 0.2) is 0 Å². The third kappa shape index (κ3) is 4.70. The molecule has 0 bridgehead atoms. The normalized spacial score (nSPS) is 15.2. The molecule has 0 saturated carbocycles. The molecule has 0 fully saturated rings. The van der Waals surface area contributed by atoms with Gasteiger partial charge in [0.25, 0.3) is 0 Å². The van der Waals surface area contributed by atoms with Crippen LogP contribution in [0, 0.1) is 0 Å². The summed E-state index contributed by atoms with van der Waals surface area (Å²) in [5.74, 6) is 0. The summed E-state index contributed by atoms with van der Waals surface area (Å²) in [5, 5.41) is 0. The van der Waals surface area contributed by atoms with Crippen molar-refractivity contribution in [3.05, 3.63) is 0 Å². The Kier molecular flexibility index (Phi) is 6.33. The van der Waals surface area contributed by atoms with Gasteiger partial charge in [0.1, 0.15) is 0 Å². The molecule has 0 amide bonds. The topological polar surface area (TPSA) is 35.2 Å². The molecule has 0 aliphatic carbocycles. The maximum absolute atomic E-state index is 12.0. The Bertz CT molecular complexity index is 182. The average molecular weight is 241 g/mol. The molecule has 0 radical (unpaired) electrons. The Hall–Kier alpha value is -0.290. The third-order valence-electron chi connectivity index (χ3n) is 3.25. The first-order valence-corrected chi connectivity index (χ1v) is 5.68. The van der Waals surface area contributed by atoms with Gasteiger partial charge in [-0.2, -0.15) is 13.2 Å². The zero-order valence-electron chi connectivity index (χ0n) is 10.2. The van der Waals surface area contributed by atoms with Gasteiger partial charge in [-0.25, -0.2) is 0 Å². The van der Waals surface area contributed by atoms with Crippen LogP contribution in [0.4, 0.5) is 13.2 Å². The monoisotopic (exact) mass is 241 g/mol. The summed E-state index contributed by atoms with van der Waals surface area (Å²) in [6, 6.07) is -0.338. The number of halogens is 3. The van der Waals surface area contributed by atoms with Crippen molar-refractivity contribution in [2.24, 2.45) is 5.73 Å². The summed E-state index contributed by atoms with van der Waals surface area (Å²) in [6.45, 7) is 3.88. The van der Waals surface area contributed by atoms with Gasteiger partial charge in [-0.05, 0) is 25.7 Å². The SMILES string of the molecule is CCC(CC)(OC)C(N)CCCC(F)(F)F. The standard InChI is InChI=1S/C11H22F3NO/c1-4-10(5-2,16-3)9(15)7-6-8-11(12,13)14/h9H,4-8,15H2,1-3H3. The van der Waals surface area contributed by atoms with Crippen LogP contribution in [-0.4, -0.2) is 24.9 Å². The largest absolute Gasteiger partial charge is 0.389 e. The molecule has 2 N–H and O–H groups in total. The molecule has 0 saturated heterocycles.